The quantitative estimate of drug-likeness (QED) is 0.558. The monoisotopic (exact) mass is 471 g/mol. The lowest BCUT2D eigenvalue weighted by Crippen LogP contribution is -2.16. The summed E-state index contributed by atoms with van der Waals surface area (Å²) in [6, 6.07) is 0. The number of carbonyl (C=O) groups excluding carboxylic acids is 3. The number of aromatic nitrogens is 2. The number of esters is 2. The molecule has 0 aliphatic heterocycles. The van der Waals surface area contributed by atoms with E-state index in [2.05, 4.69) is 26.3 Å². The lowest BCUT2D eigenvalue weighted by atomic mass is 10.1. The van der Waals surface area contributed by atoms with E-state index in [0.717, 1.165) is 15.8 Å². The highest BCUT2D eigenvalue weighted by Gasteiger charge is 2.27. The van der Waals surface area contributed by atoms with Gasteiger partial charge in [0.15, 0.2) is 0 Å². The first-order valence-corrected chi connectivity index (χ1v) is 10.4. The minimum Gasteiger partial charge on any atom is -0.462 e. The van der Waals surface area contributed by atoms with Crippen molar-refractivity contribution in [2.24, 2.45) is 0 Å². The van der Waals surface area contributed by atoms with Gasteiger partial charge in [0.25, 0.3) is 0 Å². The standard InChI is InChI=1S/C18H22BrN3O5S/c1-4-8-27-17(24)14-11(3)15(18(25)26-5-2)28-16(14)21-13(23)6-7-22-10-12(19)9-20-22/h9-10H,4-8H2,1-3H3,(H,21,23). The molecule has 2 aromatic heterocycles. The van der Waals surface area contributed by atoms with E-state index in [1.165, 1.54) is 0 Å². The van der Waals surface area contributed by atoms with Gasteiger partial charge >= 0.3 is 11.9 Å². The smallest absolute Gasteiger partial charge is 0.348 e. The Morgan fingerprint density at radius 1 is 1.25 bits per heavy atom. The molecule has 28 heavy (non-hydrogen) atoms. The Morgan fingerprint density at radius 2 is 2.00 bits per heavy atom. The van der Waals surface area contributed by atoms with E-state index in [1.807, 2.05) is 6.92 Å². The van der Waals surface area contributed by atoms with Gasteiger partial charge in [0.1, 0.15) is 9.88 Å². The van der Waals surface area contributed by atoms with Gasteiger partial charge in [0.05, 0.1) is 29.4 Å². The third-order valence-electron chi connectivity index (χ3n) is 3.67. The van der Waals surface area contributed by atoms with Crippen molar-refractivity contribution in [2.75, 3.05) is 18.5 Å². The summed E-state index contributed by atoms with van der Waals surface area (Å²) in [6.45, 7) is 6.07. The summed E-state index contributed by atoms with van der Waals surface area (Å²) < 4.78 is 12.7. The van der Waals surface area contributed by atoms with Gasteiger partial charge in [-0.3, -0.25) is 9.48 Å². The Kier molecular flexibility index (Phi) is 8.18. The molecule has 2 aromatic rings. The molecule has 1 N–H and O–H groups in total. The van der Waals surface area contributed by atoms with E-state index in [4.69, 9.17) is 9.47 Å². The number of thiophene rings is 1. The van der Waals surface area contributed by atoms with Crippen LogP contribution >= 0.6 is 27.3 Å². The molecule has 0 saturated carbocycles. The number of nitrogens with one attached hydrogen (secondary N) is 1. The molecule has 0 spiro atoms. The summed E-state index contributed by atoms with van der Waals surface area (Å²) >= 11 is 4.31. The molecular weight excluding hydrogens is 450 g/mol. The third-order valence-corrected chi connectivity index (χ3v) is 5.27. The molecular formula is C18H22BrN3O5S. The SMILES string of the molecule is CCCOC(=O)c1c(NC(=O)CCn2cc(Br)cn2)sc(C(=O)OCC)c1C. The van der Waals surface area contributed by atoms with Crippen molar-refractivity contribution in [2.45, 2.75) is 40.2 Å². The molecule has 2 heterocycles. The minimum atomic E-state index is -0.572. The zero-order valence-electron chi connectivity index (χ0n) is 15.9. The Labute approximate surface area is 175 Å². The number of nitrogens with zero attached hydrogens (tertiary/aromatic N) is 2. The molecule has 8 nitrogen and oxygen atoms in total. The molecule has 0 fully saturated rings. The number of halogens is 1. The maximum atomic E-state index is 12.5. The van der Waals surface area contributed by atoms with Crippen molar-refractivity contribution < 1.29 is 23.9 Å². The number of ether oxygens (including phenoxy) is 2. The van der Waals surface area contributed by atoms with Crippen LogP contribution in [0.4, 0.5) is 5.00 Å². The third kappa shape index (κ3) is 5.65. The zero-order chi connectivity index (χ0) is 20.7. The molecule has 0 aliphatic rings. The van der Waals surface area contributed by atoms with Gasteiger partial charge in [-0.05, 0) is 41.8 Å². The summed E-state index contributed by atoms with van der Waals surface area (Å²) in [5, 5.41) is 7.10. The summed E-state index contributed by atoms with van der Waals surface area (Å²) in [7, 11) is 0. The highest BCUT2D eigenvalue weighted by molar-refractivity contribution is 9.10. The predicted molar refractivity (Wildman–Crippen MR) is 109 cm³/mol. The summed E-state index contributed by atoms with van der Waals surface area (Å²) in [5.74, 6) is -1.40. The van der Waals surface area contributed by atoms with Gasteiger partial charge in [-0.2, -0.15) is 5.10 Å². The maximum Gasteiger partial charge on any atom is 0.348 e. The van der Waals surface area contributed by atoms with Crippen molar-refractivity contribution in [3.05, 3.63) is 32.9 Å². The van der Waals surface area contributed by atoms with Crippen LogP contribution in [0.2, 0.25) is 0 Å². The molecule has 10 heteroatoms. The fourth-order valence-corrected chi connectivity index (χ4v) is 3.80. The molecule has 0 saturated heterocycles. The number of rotatable bonds is 9. The van der Waals surface area contributed by atoms with Crippen LogP contribution in [0.3, 0.4) is 0 Å². The van der Waals surface area contributed by atoms with Gasteiger partial charge in [-0.15, -0.1) is 11.3 Å². The van der Waals surface area contributed by atoms with E-state index in [1.54, 1.807) is 30.9 Å². The van der Waals surface area contributed by atoms with E-state index in [0.29, 0.717) is 18.5 Å². The van der Waals surface area contributed by atoms with Gasteiger partial charge in [-0.1, -0.05) is 6.92 Å². The van der Waals surface area contributed by atoms with Crippen LogP contribution < -0.4 is 5.32 Å². The van der Waals surface area contributed by atoms with Gasteiger partial charge < -0.3 is 14.8 Å². The molecule has 2 rings (SSSR count). The summed E-state index contributed by atoms with van der Waals surface area (Å²) in [5.41, 5.74) is 0.632. The second-order valence-electron chi connectivity index (χ2n) is 5.84. The van der Waals surface area contributed by atoms with Crippen LogP contribution in [-0.2, 0) is 20.8 Å². The second-order valence-corrected chi connectivity index (χ2v) is 7.77. The van der Waals surface area contributed by atoms with Crippen LogP contribution in [0.15, 0.2) is 16.9 Å². The Bertz CT molecular complexity index is 862. The number of amides is 1. The first-order valence-electron chi connectivity index (χ1n) is 8.82. The van der Waals surface area contributed by atoms with E-state index >= 15 is 0 Å². The lowest BCUT2D eigenvalue weighted by Gasteiger charge is -2.08. The molecule has 0 aliphatic carbocycles. The largest absolute Gasteiger partial charge is 0.462 e. The fraction of sp³-hybridized carbons (Fsp3) is 0.444. The van der Waals surface area contributed by atoms with Crippen molar-refractivity contribution >= 4 is 50.1 Å². The van der Waals surface area contributed by atoms with Crippen molar-refractivity contribution in [1.82, 2.24) is 9.78 Å². The molecule has 0 unspecified atom stereocenters. The van der Waals surface area contributed by atoms with Crippen LogP contribution in [0.1, 0.15) is 52.3 Å². The van der Waals surface area contributed by atoms with E-state index in [9.17, 15) is 14.4 Å². The summed E-state index contributed by atoms with van der Waals surface area (Å²) in [6.07, 6.45) is 4.22. The Balaban J connectivity index is 2.19. The van der Waals surface area contributed by atoms with E-state index in [-0.39, 0.29) is 41.0 Å². The number of carbonyl (C=O) groups is 3. The number of hydrogen-bond donors (Lipinski definition) is 1. The van der Waals surface area contributed by atoms with Gasteiger partial charge in [-0.25, -0.2) is 9.59 Å². The van der Waals surface area contributed by atoms with Crippen LogP contribution in [-0.4, -0.2) is 40.8 Å². The second kappa shape index (κ2) is 10.4. The number of hydrogen-bond acceptors (Lipinski definition) is 7. The Hall–Kier alpha value is -2.20. The topological polar surface area (TPSA) is 99.5 Å². The Morgan fingerprint density at radius 3 is 2.61 bits per heavy atom. The molecule has 152 valence electrons. The van der Waals surface area contributed by atoms with Crippen molar-refractivity contribution in [3.8, 4) is 0 Å². The van der Waals surface area contributed by atoms with Gasteiger partial charge in [0.2, 0.25) is 5.91 Å². The molecule has 0 aromatic carbocycles. The molecule has 0 bridgehead atoms. The predicted octanol–water partition coefficient (Wildman–Crippen LogP) is 3.79. The maximum absolute atomic E-state index is 12.5. The first-order chi connectivity index (χ1) is 13.4. The molecule has 1 amide bonds. The van der Waals surface area contributed by atoms with E-state index < -0.39 is 11.9 Å². The zero-order valence-corrected chi connectivity index (χ0v) is 18.3. The molecule has 0 radical (unpaired) electrons. The van der Waals surface area contributed by atoms with Crippen LogP contribution in [0, 0.1) is 6.92 Å². The fourth-order valence-electron chi connectivity index (χ4n) is 2.37. The average molecular weight is 472 g/mol. The van der Waals surface area contributed by atoms with Crippen LogP contribution in [0.25, 0.3) is 0 Å². The number of aryl methyl sites for hydroxylation is 1. The first kappa shape index (κ1) is 22.1. The normalized spacial score (nSPS) is 10.6. The highest BCUT2D eigenvalue weighted by Crippen LogP contribution is 2.34. The van der Waals surface area contributed by atoms with Crippen LogP contribution in [0.5, 0.6) is 0 Å². The lowest BCUT2D eigenvalue weighted by molar-refractivity contribution is -0.116. The number of anilines is 1. The highest BCUT2D eigenvalue weighted by atomic mass is 79.9. The average Bonchev–Trinajstić information content (AvgIpc) is 3.21. The minimum absolute atomic E-state index is 0.156. The van der Waals surface area contributed by atoms with Gasteiger partial charge in [0, 0.05) is 19.2 Å². The van der Waals surface area contributed by atoms with Crippen molar-refractivity contribution in [1.29, 1.82) is 0 Å². The molecule has 0 atom stereocenters. The van der Waals surface area contributed by atoms with Crippen molar-refractivity contribution in [3.63, 3.8) is 0 Å². The summed E-state index contributed by atoms with van der Waals surface area (Å²) in [4.78, 5) is 37.3.